The van der Waals surface area contributed by atoms with Gasteiger partial charge in [0.1, 0.15) is 17.1 Å². The fourth-order valence-corrected chi connectivity index (χ4v) is 4.98. The predicted molar refractivity (Wildman–Crippen MR) is 125 cm³/mol. The van der Waals surface area contributed by atoms with E-state index in [4.69, 9.17) is 14.0 Å². The van der Waals surface area contributed by atoms with Gasteiger partial charge in [-0.15, -0.1) is 0 Å². The first-order valence-electron chi connectivity index (χ1n) is 11.3. The van der Waals surface area contributed by atoms with Gasteiger partial charge < -0.3 is 18.9 Å². The molecule has 0 aliphatic carbocycles. The summed E-state index contributed by atoms with van der Waals surface area (Å²) in [6.07, 6.45) is 3.26. The summed E-state index contributed by atoms with van der Waals surface area (Å²) in [7, 11) is 3.58. The minimum Gasteiger partial charge on any atom is -0.497 e. The molecule has 0 bridgehead atoms. The van der Waals surface area contributed by atoms with Gasteiger partial charge >= 0.3 is 0 Å². The first-order chi connectivity index (χ1) is 16.6. The van der Waals surface area contributed by atoms with Crippen LogP contribution in [-0.4, -0.2) is 45.9 Å². The van der Waals surface area contributed by atoms with E-state index in [-0.39, 0.29) is 5.91 Å². The molecule has 172 valence electrons. The van der Waals surface area contributed by atoms with Crippen molar-refractivity contribution < 1.29 is 18.8 Å². The number of methoxy groups -OCH3 is 1. The third-order valence-electron chi connectivity index (χ3n) is 6.84. The van der Waals surface area contributed by atoms with E-state index >= 15 is 0 Å². The van der Waals surface area contributed by atoms with Crippen LogP contribution < -0.4 is 9.47 Å². The quantitative estimate of drug-likeness (QED) is 0.458. The maximum atomic E-state index is 13.2. The topological polar surface area (TPSA) is 82.6 Å². The highest BCUT2D eigenvalue weighted by atomic mass is 16.5. The number of carbonyl (C=O) groups excluding carboxylic acids is 1. The van der Waals surface area contributed by atoms with Crippen molar-refractivity contribution >= 4 is 5.91 Å². The first kappa shape index (κ1) is 20.5. The average Bonchev–Trinajstić information content (AvgIpc) is 3.53. The van der Waals surface area contributed by atoms with Gasteiger partial charge in [-0.2, -0.15) is 5.10 Å². The highest BCUT2D eigenvalue weighted by molar-refractivity contribution is 5.93. The van der Waals surface area contributed by atoms with Crippen LogP contribution in [-0.2, 0) is 12.6 Å². The fourth-order valence-electron chi connectivity index (χ4n) is 4.98. The Morgan fingerprint density at radius 3 is 2.62 bits per heavy atom. The largest absolute Gasteiger partial charge is 0.497 e. The number of piperidine rings is 1. The highest BCUT2D eigenvalue weighted by Crippen LogP contribution is 2.49. The Balaban J connectivity index is 1.21. The van der Waals surface area contributed by atoms with Crippen LogP contribution in [0.15, 0.2) is 65.3 Å². The van der Waals surface area contributed by atoms with E-state index in [0.29, 0.717) is 37.4 Å². The second kappa shape index (κ2) is 7.76. The van der Waals surface area contributed by atoms with Gasteiger partial charge in [-0.3, -0.25) is 9.48 Å². The van der Waals surface area contributed by atoms with Crippen molar-refractivity contribution in [1.29, 1.82) is 0 Å². The lowest BCUT2D eigenvalue weighted by Crippen LogP contribution is -2.49. The van der Waals surface area contributed by atoms with Crippen LogP contribution >= 0.6 is 0 Å². The van der Waals surface area contributed by atoms with E-state index < -0.39 is 5.60 Å². The molecule has 2 aliphatic rings. The number of aromatic nitrogens is 3. The molecule has 34 heavy (non-hydrogen) atoms. The first-order valence-corrected chi connectivity index (χ1v) is 11.3. The Kier molecular flexibility index (Phi) is 4.69. The van der Waals surface area contributed by atoms with Crippen molar-refractivity contribution in [3.05, 3.63) is 72.1 Å². The van der Waals surface area contributed by atoms with E-state index in [2.05, 4.69) is 16.3 Å². The number of fused-ring (bicyclic) bond motifs is 4. The highest BCUT2D eigenvalue weighted by Gasteiger charge is 2.46. The minimum absolute atomic E-state index is 0.138. The summed E-state index contributed by atoms with van der Waals surface area (Å²) in [5, 5.41) is 8.56. The zero-order valence-electron chi connectivity index (χ0n) is 19.0. The molecule has 2 aromatic carbocycles. The second-order valence-electron chi connectivity index (χ2n) is 8.72. The van der Waals surface area contributed by atoms with Gasteiger partial charge in [0.05, 0.1) is 19.0 Å². The summed E-state index contributed by atoms with van der Waals surface area (Å²) >= 11 is 0. The van der Waals surface area contributed by atoms with Crippen LogP contribution in [0.2, 0.25) is 0 Å². The number of likely N-dealkylation sites (tertiary alicyclic amines) is 1. The monoisotopic (exact) mass is 456 g/mol. The van der Waals surface area contributed by atoms with Gasteiger partial charge in [-0.05, 0) is 36.4 Å². The predicted octanol–water partition coefficient (Wildman–Crippen LogP) is 4.27. The van der Waals surface area contributed by atoms with Crippen molar-refractivity contribution in [2.45, 2.75) is 18.4 Å². The van der Waals surface area contributed by atoms with Gasteiger partial charge in [0, 0.05) is 55.7 Å². The summed E-state index contributed by atoms with van der Waals surface area (Å²) < 4.78 is 19.1. The Bertz CT molecular complexity index is 1360. The number of nitrogens with zero attached hydrogens (tertiary/aromatic N) is 4. The maximum absolute atomic E-state index is 13.2. The zero-order valence-corrected chi connectivity index (χ0v) is 19.0. The molecule has 8 heteroatoms. The van der Waals surface area contributed by atoms with Crippen molar-refractivity contribution in [2.75, 3.05) is 20.2 Å². The molecular formula is C26H24N4O4. The number of aryl methyl sites for hydroxylation is 1. The zero-order chi connectivity index (χ0) is 23.3. The van der Waals surface area contributed by atoms with Crippen LogP contribution in [0.3, 0.4) is 0 Å². The van der Waals surface area contributed by atoms with Gasteiger partial charge in [-0.1, -0.05) is 17.3 Å². The smallest absolute Gasteiger partial charge is 0.276 e. The Morgan fingerprint density at radius 1 is 1.09 bits per heavy atom. The molecule has 0 saturated carbocycles. The van der Waals surface area contributed by atoms with Crippen molar-refractivity contribution in [2.24, 2.45) is 7.05 Å². The van der Waals surface area contributed by atoms with Crippen LogP contribution in [0, 0.1) is 0 Å². The second-order valence-corrected chi connectivity index (χ2v) is 8.72. The van der Waals surface area contributed by atoms with Crippen LogP contribution in [0.1, 0.15) is 28.9 Å². The maximum Gasteiger partial charge on any atom is 0.276 e. The number of hydrogen-bond acceptors (Lipinski definition) is 6. The van der Waals surface area contributed by atoms with Gasteiger partial charge in [0.15, 0.2) is 11.5 Å². The summed E-state index contributed by atoms with van der Waals surface area (Å²) in [4.78, 5) is 15.0. The van der Waals surface area contributed by atoms with E-state index in [1.165, 1.54) is 0 Å². The standard InChI is InChI=1S/C26H24N4O4/c1-29-24-19-5-3-4-6-22(19)33-26(20(24)16-27-29)11-13-30(14-12-26)25(31)21-15-23(34-28-21)17-7-9-18(32-2)10-8-17/h3-10,15-16H,11-14H2,1-2H3. The molecule has 0 N–H and O–H groups in total. The molecule has 0 radical (unpaired) electrons. The third kappa shape index (κ3) is 3.17. The van der Waals surface area contributed by atoms with E-state index in [1.54, 1.807) is 13.2 Å². The third-order valence-corrected chi connectivity index (χ3v) is 6.84. The van der Waals surface area contributed by atoms with E-state index in [1.807, 2.05) is 65.3 Å². The molecule has 1 saturated heterocycles. The van der Waals surface area contributed by atoms with Crippen LogP contribution in [0.5, 0.6) is 11.5 Å². The molecule has 4 aromatic rings. The van der Waals surface area contributed by atoms with Crippen molar-refractivity contribution in [1.82, 2.24) is 19.8 Å². The molecule has 0 unspecified atom stereocenters. The summed E-state index contributed by atoms with van der Waals surface area (Å²) in [6.45, 7) is 1.11. The molecule has 2 aromatic heterocycles. The lowest BCUT2D eigenvalue weighted by Gasteiger charge is -2.44. The molecule has 2 aliphatic heterocycles. The van der Waals surface area contributed by atoms with Gasteiger partial charge in [0.25, 0.3) is 5.91 Å². The number of rotatable bonds is 3. The Hall–Kier alpha value is -4.07. The Morgan fingerprint density at radius 2 is 1.85 bits per heavy atom. The van der Waals surface area contributed by atoms with Crippen LogP contribution in [0.4, 0.5) is 0 Å². The minimum atomic E-state index is -0.493. The number of para-hydroxylation sites is 1. The van der Waals surface area contributed by atoms with E-state index in [0.717, 1.165) is 33.9 Å². The SMILES string of the molecule is COc1ccc(-c2cc(C(=O)N3CCC4(CC3)Oc3ccccc3-c3c4cnn3C)no2)cc1. The summed E-state index contributed by atoms with van der Waals surface area (Å²) in [5.41, 5.74) is 3.87. The molecular weight excluding hydrogens is 432 g/mol. The molecule has 6 rings (SSSR count). The van der Waals surface area contributed by atoms with Crippen molar-refractivity contribution in [3.63, 3.8) is 0 Å². The molecule has 0 atom stereocenters. The average molecular weight is 457 g/mol. The Labute approximate surface area is 196 Å². The molecule has 1 fully saturated rings. The number of carbonyl (C=O) groups is 1. The fraction of sp³-hybridized carbons (Fsp3) is 0.269. The number of ether oxygens (including phenoxy) is 2. The van der Waals surface area contributed by atoms with Crippen LogP contribution in [0.25, 0.3) is 22.6 Å². The molecule has 4 heterocycles. The summed E-state index contributed by atoms with van der Waals surface area (Å²) in [5.74, 6) is 2.03. The van der Waals surface area contributed by atoms with Gasteiger partial charge in [-0.25, -0.2) is 0 Å². The van der Waals surface area contributed by atoms with Gasteiger partial charge in [0.2, 0.25) is 0 Å². The number of amides is 1. The molecule has 1 spiro atoms. The normalized spacial score (nSPS) is 16.0. The van der Waals surface area contributed by atoms with Crippen molar-refractivity contribution in [3.8, 4) is 34.1 Å². The number of benzene rings is 2. The summed E-state index contributed by atoms with van der Waals surface area (Å²) in [6, 6.07) is 17.2. The molecule has 1 amide bonds. The molecule has 8 nitrogen and oxygen atoms in total. The van der Waals surface area contributed by atoms with E-state index in [9.17, 15) is 4.79 Å². The lowest BCUT2D eigenvalue weighted by molar-refractivity contribution is -0.00199. The number of hydrogen-bond donors (Lipinski definition) is 0. The lowest BCUT2D eigenvalue weighted by atomic mass is 9.81.